The fourth-order valence-corrected chi connectivity index (χ4v) is 3.00. The van der Waals surface area contributed by atoms with E-state index in [0.717, 1.165) is 17.7 Å². The largest absolute Gasteiger partial charge is 0.465 e. The average molecular weight is 334 g/mol. The molecule has 1 fully saturated rings. The first kappa shape index (κ1) is 15.4. The van der Waals surface area contributed by atoms with Gasteiger partial charge in [-0.25, -0.2) is 4.68 Å². The number of carbonyl (C=O) groups is 1. The van der Waals surface area contributed by atoms with Gasteiger partial charge in [0.05, 0.1) is 18.5 Å². The minimum atomic E-state index is -0.0118. The third kappa shape index (κ3) is 3.38. The summed E-state index contributed by atoms with van der Waals surface area (Å²) in [6.45, 7) is 1.35. The Kier molecular flexibility index (Phi) is 4.16. The van der Waals surface area contributed by atoms with E-state index < -0.39 is 0 Å². The van der Waals surface area contributed by atoms with Crippen LogP contribution < -0.4 is 0 Å². The zero-order chi connectivity index (χ0) is 17.1. The smallest absolute Gasteiger partial charge is 0.246 e. The molecule has 1 unspecified atom stereocenters. The molecule has 2 aromatic heterocycles. The summed E-state index contributed by atoms with van der Waals surface area (Å²) in [6, 6.07) is 13.7. The van der Waals surface area contributed by atoms with E-state index in [-0.39, 0.29) is 11.9 Å². The number of rotatable bonds is 4. The Morgan fingerprint density at radius 2 is 2.08 bits per heavy atom. The van der Waals surface area contributed by atoms with Crippen molar-refractivity contribution in [2.75, 3.05) is 13.1 Å². The van der Waals surface area contributed by atoms with Crippen LogP contribution in [0.5, 0.6) is 0 Å². The molecule has 3 aromatic rings. The summed E-state index contributed by atoms with van der Waals surface area (Å²) in [6.07, 6.45) is 7.66. The molecule has 1 aliphatic heterocycles. The lowest BCUT2D eigenvalue weighted by atomic mass is 10.2. The lowest BCUT2D eigenvalue weighted by Crippen LogP contribution is -2.27. The molecule has 0 spiro atoms. The van der Waals surface area contributed by atoms with Gasteiger partial charge in [0.15, 0.2) is 0 Å². The summed E-state index contributed by atoms with van der Waals surface area (Å²) in [7, 11) is 0. The van der Waals surface area contributed by atoms with Gasteiger partial charge in [0, 0.05) is 24.7 Å². The number of carbonyl (C=O) groups excluding carboxylic acids is 1. The van der Waals surface area contributed by atoms with Crippen LogP contribution in [0, 0.1) is 0 Å². The lowest BCUT2D eigenvalue weighted by Gasteiger charge is -2.14. The van der Waals surface area contributed by atoms with E-state index >= 15 is 0 Å². The number of hydrogen-bond donors (Lipinski definition) is 0. The molecule has 25 heavy (non-hydrogen) atoms. The molecule has 126 valence electrons. The fourth-order valence-electron chi connectivity index (χ4n) is 3.00. The molecule has 1 amide bonds. The van der Waals surface area contributed by atoms with Gasteiger partial charge in [-0.15, -0.1) is 5.10 Å². The SMILES string of the molecule is O=C(/C=C/c1ccco1)N1CCC(n2cc(-c3ccccc3)nn2)C1. The number of aromatic nitrogens is 3. The van der Waals surface area contributed by atoms with Crippen molar-refractivity contribution in [1.29, 1.82) is 0 Å². The second-order valence-corrected chi connectivity index (χ2v) is 6.03. The Labute approximate surface area is 145 Å². The molecule has 3 heterocycles. The summed E-state index contributed by atoms with van der Waals surface area (Å²) < 4.78 is 7.07. The van der Waals surface area contributed by atoms with E-state index in [2.05, 4.69) is 10.3 Å². The van der Waals surface area contributed by atoms with E-state index in [0.29, 0.717) is 18.8 Å². The maximum absolute atomic E-state index is 12.3. The Balaban J connectivity index is 1.41. The maximum atomic E-state index is 12.3. The fraction of sp³-hybridized carbons (Fsp3) is 0.211. The highest BCUT2D eigenvalue weighted by Gasteiger charge is 2.27. The van der Waals surface area contributed by atoms with Gasteiger partial charge in [-0.05, 0) is 24.6 Å². The third-order valence-corrected chi connectivity index (χ3v) is 4.36. The topological polar surface area (TPSA) is 64.2 Å². The Morgan fingerprint density at radius 1 is 1.20 bits per heavy atom. The summed E-state index contributed by atoms with van der Waals surface area (Å²) in [5.74, 6) is 0.662. The Bertz CT molecular complexity index is 868. The van der Waals surface area contributed by atoms with Gasteiger partial charge in [0.2, 0.25) is 5.91 Å². The van der Waals surface area contributed by atoms with E-state index in [1.54, 1.807) is 24.5 Å². The molecule has 1 aromatic carbocycles. The molecule has 6 nitrogen and oxygen atoms in total. The van der Waals surface area contributed by atoms with Crippen molar-refractivity contribution >= 4 is 12.0 Å². The van der Waals surface area contributed by atoms with Gasteiger partial charge < -0.3 is 9.32 Å². The molecule has 4 rings (SSSR count). The van der Waals surface area contributed by atoms with Crippen LogP contribution in [-0.4, -0.2) is 38.9 Å². The quantitative estimate of drug-likeness (QED) is 0.688. The maximum Gasteiger partial charge on any atom is 0.246 e. The van der Waals surface area contributed by atoms with Crippen molar-refractivity contribution in [3.05, 3.63) is 66.8 Å². The second-order valence-electron chi connectivity index (χ2n) is 6.03. The Morgan fingerprint density at radius 3 is 2.88 bits per heavy atom. The van der Waals surface area contributed by atoms with Crippen molar-refractivity contribution in [1.82, 2.24) is 19.9 Å². The predicted molar refractivity (Wildman–Crippen MR) is 93.4 cm³/mol. The first-order valence-electron chi connectivity index (χ1n) is 8.27. The zero-order valence-electron chi connectivity index (χ0n) is 13.7. The molecule has 1 saturated heterocycles. The minimum absolute atomic E-state index is 0.0118. The number of nitrogens with zero attached hydrogens (tertiary/aromatic N) is 4. The van der Waals surface area contributed by atoms with Gasteiger partial charge in [-0.2, -0.15) is 0 Å². The van der Waals surface area contributed by atoms with Crippen LogP contribution in [-0.2, 0) is 4.79 Å². The average Bonchev–Trinajstić information content (AvgIpc) is 3.41. The first-order valence-corrected chi connectivity index (χ1v) is 8.27. The second kappa shape index (κ2) is 6.76. The van der Waals surface area contributed by atoms with Crippen LogP contribution in [0.4, 0.5) is 0 Å². The first-order chi connectivity index (χ1) is 12.3. The highest BCUT2D eigenvalue weighted by Crippen LogP contribution is 2.23. The standard InChI is InChI=1S/C19H18N4O2/c24-19(9-8-17-7-4-12-25-17)22-11-10-16(13-22)23-14-18(20-21-23)15-5-2-1-3-6-15/h1-9,12,14,16H,10-11,13H2/b9-8+. The van der Waals surface area contributed by atoms with Gasteiger partial charge in [-0.1, -0.05) is 35.5 Å². The summed E-state index contributed by atoms with van der Waals surface area (Å²) in [4.78, 5) is 14.1. The molecule has 0 aliphatic carbocycles. The molecule has 0 bridgehead atoms. The molecule has 1 aliphatic rings. The van der Waals surface area contributed by atoms with E-state index in [1.165, 1.54) is 0 Å². The number of hydrogen-bond acceptors (Lipinski definition) is 4. The van der Waals surface area contributed by atoms with Gasteiger partial charge in [0.1, 0.15) is 11.5 Å². The number of amides is 1. The molecule has 0 saturated carbocycles. The number of furan rings is 1. The van der Waals surface area contributed by atoms with Crippen molar-refractivity contribution < 1.29 is 9.21 Å². The minimum Gasteiger partial charge on any atom is -0.465 e. The van der Waals surface area contributed by atoms with Crippen molar-refractivity contribution in [2.24, 2.45) is 0 Å². The summed E-state index contributed by atoms with van der Waals surface area (Å²) >= 11 is 0. The summed E-state index contributed by atoms with van der Waals surface area (Å²) in [5, 5.41) is 8.50. The van der Waals surface area contributed by atoms with Crippen molar-refractivity contribution in [3.8, 4) is 11.3 Å². The van der Waals surface area contributed by atoms with Crippen LogP contribution >= 0.6 is 0 Å². The van der Waals surface area contributed by atoms with E-state index in [9.17, 15) is 4.79 Å². The molecule has 0 N–H and O–H groups in total. The lowest BCUT2D eigenvalue weighted by molar-refractivity contribution is -0.125. The van der Waals surface area contributed by atoms with Crippen molar-refractivity contribution in [2.45, 2.75) is 12.5 Å². The molecule has 0 radical (unpaired) electrons. The molecule has 1 atom stereocenters. The van der Waals surface area contributed by atoms with Crippen molar-refractivity contribution in [3.63, 3.8) is 0 Å². The monoisotopic (exact) mass is 334 g/mol. The van der Waals surface area contributed by atoms with Crippen LogP contribution in [0.3, 0.4) is 0 Å². The normalized spacial score (nSPS) is 17.4. The van der Waals surface area contributed by atoms with Gasteiger partial charge in [-0.3, -0.25) is 4.79 Å². The highest BCUT2D eigenvalue weighted by molar-refractivity contribution is 5.91. The molecule has 6 heteroatoms. The number of benzene rings is 1. The Hall–Kier alpha value is -3.15. The van der Waals surface area contributed by atoms with Crippen LogP contribution in [0.2, 0.25) is 0 Å². The van der Waals surface area contributed by atoms with Crippen LogP contribution in [0.1, 0.15) is 18.2 Å². The van der Waals surface area contributed by atoms with E-state index in [1.807, 2.05) is 52.2 Å². The van der Waals surface area contributed by atoms with E-state index in [4.69, 9.17) is 4.42 Å². The van der Waals surface area contributed by atoms with Crippen LogP contribution in [0.15, 0.2) is 65.4 Å². The van der Waals surface area contributed by atoms with Crippen LogP contribution in [0.25, 0.3) is 17.3 Å². The predicted octanol–water partition coefficient (Wildman–Crippen LogP) is 3.02. The molecular formula is C19H18N4O2. The highest BCUT2D eigenvalue weighted by atomic mass is 16.3. The number of likely N-dealkylation sites (tertiary alicyclic amines) is 1. The summed E-state index contributed by atoms with van der Waals surface area (Å²) in [5.41, 5.74) is 1.89. The third-order valence-electron chi connectivity index (χ3n) is 4.36. The van der Waals surface area contributed by atoms with Gasteiger partial charge >= 0.3 is 0 Å². The zero-order valence-corrected chi connectivity index (χ0v) is 13.7. The van der Waals surface area contributed by atoms with Gasteiger partial charge in [0.25, 0.3) is 0 Å². The molecular weight excluding hydrogens is 316 g/mol.